The number of alkyl carbamates (subject to hydrolysis) is 1. The van der Waals surface area contributed by atoms with Gasteiger partial charge in [0.1, 0.15) is 30.7 Å². The van der Waals surface area contributed by atoms with Gasteiger partial charge in [-0.15, -0.1) is 0 Å². The fraction of sp³-hybridized carbons (Fsp3) is 0.364. The van der Waals surface area contributed by atoms with E-state index in [2.05, 4.69) is 5.32 Å². The van der Waals surface area contributed by atoms with Crippen LogP contribution in [-0.4, -0.2) is 36.9 Å². The fourth-order valence-corrected chi connectivity index (χ4v) is 2.67. The third kappa shape index (κ3) is 6.99. The van der Waals surface area contributed by atoms with Gasteiger partial charge in [-0.2, -0.15) is 0 Å². The van der Waals surface area contributed by atoms with Gasteiger partial charge in [0.25, 0.3) is 0 Å². The number of carbonyl (C=O) groups is 2. The van der Waals surface area contributed by atoms with E-state index in [0.29, 0.717) is 10.6 Å². The van der Waals surface area contributed by atoms with Crippen molar-refractivity contribution in [2.75, 3.05) is 13.3 Å². The summed E-state index contributed by atoms with van der Waals surface area (Å²) in [6.45, 7) is 3.22. The first-order valence-corrected chi connectivity index (χ1v) is 9.68. The SMILES string of the molecule is CC(C)(C)OC(=O)NC(C(=O)c1ccc(OC(CF)CF)cc1)c1ccc(Cl)cc1. The van der Waals surface area contributed by atoms with Gasteiger partial charge in [0, 0.05) is 10.6 Å². The molecule has 30 heavy (non-hydrogen) atoms. The molecule has 0 aromatic heterocycles. The molecule has 1 atom stereocenters. The quantitative estimate of drug-likeness (QED) is 0.553. The highest BCUT2D eigenvalue weighted by atomic mass is 35.5. The number of benzene rings is 2. The maximum Gasteiger partial charge on any atom is 0.408 e. The Balaban J connectivity index is 2.25. The summed E-state index contributed by atoms with van der Waals surface area (Å²) in [5, 5.41) is 3.07. The number of alkyl halides is 2. The molecule has 0 aliphatic rings. The van der Waals surface area contributed by atoms with Crippen molar-refractivity contribution in [3.63, 3.8) is 0 Å². The van der Waals surface area contributed by atoms with Gasteiger partial charge in [0.05, 0.1) is 0 Å². The van der Waals surface area contributed by atoms with Crippen LogP contribution in [0.3, 0.4) is 0 Å². The monoisotopic (exact) mass is 439 g/mol. The zero-order valence-corrected chi connectivity index (χ0v) is 17.7. The van der Waals surface area contributed by atoms with Crippen LogP contribution in [0.25, 0.3) is 0 Å². The summed E-state index contributed by atoms with van der Waals surface area (Å²) in [7, 11) is 0. The third-order valence-corrected chi connectivity index (χ3v) is 4.16. The van der Waals surface area contributed by atoms with E-state index < -0.39 is 43.0 Å². The molecule has 0 radical (unpaired) electrons. The lowest BCUT2D eigenvalue weighted by molar-refractivity contribution is 0.0490. The lowest BCUT2D eigenvalue weighted by Crippen LogP contribution is -2.38. The van der Waals surface area contributed by atoms with Crippen LogP contribution in [-0.2, 0) is 4.74 Å². The summed E-state index contributed by atoms with van der Waals surface area (Å²) in [6.07, 6.45) is -1.94. The Hall–Kier alpha value is -2.67. The molecule has 0 saturated heterocycles. The number of Topliss-reactive ketones (excluding diaryl/α,β-unsaturated/α-hetero) is 1. The highest BCUT2D eigenvalue weighted by molar-refractivity contribution is 6.30. The molecule has 0 spiro atoms. The summed E-state index contributed by atoms with van der Waals surface area (Å²) in [5.41, 5.74) is 0.0564. The largest absolute Gasteiger partial charge is 0.485 e. The van der Waals surface area contributed by atoms with E-state index >= 15 is 0 Å². The number of ketones is 1. The van der Waals surface area contributed by atoms with Gasteiger partial charge in [-0.1, -0.05) is 23.7 Å². The zero-order valence-electron chi connectivity index (χ0n) is 17.0. The van der Waals surface area contributed by atoms with Crippen molar-refractivity contribution in [2.45, 2.75) is 38.5 Å². The van der Waals surface area contributed by atoms with Gasteiger partial charge in [-0.05, 0) is 62.7 Å². The minimum atomic E-state index is -1.19. The molecule has 2 aromatic rings. The minimum absolute atomic E-state index is 0.231. The summed E-state index contributed by atoms with van der Waals surface area (Å²) in [6, 6.07) is 11.3. The number of halogens is 3. The van der Waals surface area contributed by atoms with Gasteiger partial charge < -0.3 is 14.8 Å². The van der Waals surface area contributed by atoms with E-state index in [1.54, 1.807) is 45.0 Å². The predicted octanol–water partition coefficient (Wildman–Crippen LogP) is 5.48. The second kappa shape index (κ2) is 10.4. The smallest absolute Gasteiger partial charge is 0.408 e. The van der Waals surface area contributed by atoms with Crippen LogP contribution in [0.5, 0.6) is 5.75 Å². The zero-order chi connectivity index (χ0) is 22.3. The lowest BCUT2D eigenvalue weighted by Gasteiger charge is -2.23. The molecule has 8 heteroatoms. The van der Waals surface area contributed by atoms with E-state index in [-0.39, 0.29) is 11.3 Å². The van der Waals surface area contributed by atoms with Crippen molar-refractivity contribution >= 4 is 23.5 Å². The maximum absolute atomic E-state index is 13.1. The Kier molecular flexibility index (Phi) is 8.17. The first-order valence-electron chi connectivity index (χ1n) is 9.31. The van der Waals surface area contributed by atoms with Gasteiger partial charge >= 0.3 is 6.09 Å². The van der Waals surface area contributed by atoms with Gasteiger partial charge in [0.15, 0.2) is 11.9 Å². The molecule has 2 aromatic carbocycles. The Labute approximate surface area is 179 Å². The van der Waals surface area contributed by atoms with Crippen molar-refractivity contribution in [3.8, 4) is 5.75 Å². The van der Waals surface area contributed by atoms with Crippen molar-refractivity contribution in [1.82, 2.24) is 5.32 Å². The highest BCUT2D eigenvalue weighted by Crippen LogP contribution is 2.23. The van der Waals surface area contributed by atoms with E-state index in [1.165, 1.54) is 24.3 Å². The normalized spacial score (nSPS) is 12.4. The molecule has 1 N–H and O–H groups in total. The number of nitrogens with one attached hydrogen (secondary N) is 1. The van der Waals surface area contributed by atoms with E-state index in [0.717, 1.165) is 0 Å². The van der Waals surface area contributed by atoms with Crippen LogP contribution >= 0.6 is 11.6 Å². The Morgan fingerprint density at radius 3 is 2.07 bits per heavy atom. The predicted molar refractivity (Wildman–Crippen MR) is 111 cm³/mol. The van der Waals surface area contributed by atoms with Crippen molar-refractivity contribution in [1.29, 1.82) is 0 Å². The molecule has 5 nitrogen and oxygen atoms in total. The van der Waals surface area contributed by atoms with E-state index in [4.69, 9.17) is 21.1 Å². The third-order valence-electron chi connectivity index (χ3n) is 3.91. The number of hydrogen-bond donors (Lipinski definition) is 1. The van der Waals surface area contributed by atoms with Crippen molar-refractivity contribution < 1.29 is 27.8 Å². The van der Waals surface area contributed by atoms with Crippen molar-refractivity contribution in [3.05, 3.63) is 64.7 Å². The molecule has 0 saturated carbocycles. The fourth-order valence-electron chi connectivity index (χ4n) is 2.54. The number of amides is 1. The first kappa shape index (κ1) is 23.6. The molecule has 0 fully saturated rings. The maximum atomic E-state index is 13.1. The van der Waals surface area contributed by atoms with E-state index in [9.17, 15) is 18.4 Å². The van der Waals surface area contributed by atoms with Gasteiger partial charge in [-0.25, -0.2) is 13.6 Å². The molecular weight excluding hydrogens is 416 g/mol. The van der Waals surface area contributed by atoms with Crippen LogP contribution in [0.1, 0.15) is 42.7 Å². The Morgan fingerprint density at radius 2 is 1.57 bits per heavy atom. The summed E-state index contributed by atoms with van der Waals surface area (Å²) < 4.78 is 35.7. The molecule has 0 heterocycles. The summed E-state index contributed by atoms with van der Waals surface area (Å²) in [5.74, 6) is -0.169. The number of rotatable bonds is 8. The second-order valence-corrected chi connectivity index (χ2v) is 8.00. The molecular formula is C22H24ClF2NO4. The van der Waals surface area contributed by atoms with Crippen LogP contribution in [0.4, 0.5) is 13.6 Å². The molecule has 2 rings (SSSR count). The van der Waals surface area contributed by atoms with Gasteiger partial charge in [0.2, 0.25) is 0 Å². The summed E-state index contributed by atoms with van der Waals surface area (Å²) in [4.78, 5) is 25.4. The number of ether oxygens (including phenoxy) is 2. The van der Waals surface area contributed by atoms with Crippen molar-refractivity contribution in [2.24, 2.45) is 0 Å². The number of hydrogen-bond acceptors (Lipinski definition) is 4. The average Bonchev–Trinajstić information content (AvgIpc) is 2.69. The van der Waals surface area contributed by atoms with Crippen LogP contribution in [0, 0.1) is 0 Å². The second-order valence-electron chi connectivity index (χ2n) is 7.57. The number of carbonyl (C=O) groups excluding carboxylic acids is 2. The molecule has 1 amide bonds. The van der Waals surface area contributed by atoms with Crippen LogP contribution in [0.2, 0.25) is 5.02 Å². The molecule has 0 aliphatic heterocycles. The lowest BCUT2D eigenvalue weighted by atomic mass is 9.97. The summed E-state index contributed by atoms with van der Waals surface area (Å²) >= 11 is 5.92. The Morgan fingerprint density at radius 1 is 1.00 bits per heavy atom. The highest BCUT2D eigenvalue weighted by Gasteiger charge is 2.27. The average molecular weight is 440 g/mol. The molecule has 0 aliphatic carbocycles. The molecule has 162 valence electrons. The molecule has 0 bridgehead atoms. The van der Waals surface area contributed by atoms with Crippen LogP contribution < -0.4 is 10.1 Å². The van der Waals surface area contributed by atoms with Crippen LogP contribution in [0.15, 0.2) is 48.5 Å². The van der Waals surface area contributed by atoms with Gasteiger partial charge in [-0.3, -0.25) is 4.79 Å². The standard InChI is InChI=1S/C22H24ClF2NO4/c1-22(2,3)30-21(28)26-19(14-4-8-16(23)9-5-14)20(27)15-6-10-17(11-7-15)29-18(12-24)13-25/h4-11,18-19H,12-13H2,1-3H3,(H,26,28). The first-order chi connectivity index (χ1) is 14.1. The van der Waals surface area contributed by atoms with E-state index in [1.807, 2.05) is 0 Å². The Bertz CT molecular complexity index is 847. The minimum Gasteiger partial charge on any atom is -0.485 e. The topological polar surface area (TPSA) is 64.6 Å². The molecule has 1 unspecified atom stereocenters.